The second kappa shape index (κ2) is 5.42. The molecule has 1 aromatic heterocycles. The molecule has 1 heterocycles. The average Bonchev–Trinajstić information content (AvgIpc) is 2.51. The van der Waals surface area contributed by atoms with Gasteiger partial charge in [-0.05, 0) is 36.4 Å². The summed E-state index contributed by atoms with van der Waals surface area (Å²) in [5, 5.41) is 10.8. The number of halogens is 1. The summed E-state index contributed by atoms with van der Waals surface area (Å²) in [7, 11) is 0. The first-order chi connectivity index (χ1) is 10.2. The maximum atomic E-state index is 11.7. The van der Waals surface area contributed by atoms with Gasteiger partial charge in [-0.1, -0.05) is 29.8 Å². The summed E-state index contributed by atoms with van der Waals surface area (Å²) in [6, 6.07) is 15.8. The molecule has 2 aromatic carbocycles. The molecule has 0 radical (unpaired) electrons. The second-order valence-electron chi connectivity index (χ2n) is 4.42. The predicted molar refractivity (Wildman–Crippen MR) is 83.4 cm³/mol. The summed E-state index contributed by atoms with van der Waals surface area (Å²) < 4.78 is 0. The van der Waals surface area contributed by atoms with Crippen molar-refractivity contribution in [2.24, 2.45) is 0 Å². The van der Waals surface area contributed by atoms with Gasteiger partial charge >= 0.3 is 6.09 Å². The molecule has 3 rings (SSSR count). The van der Waals surface area contributed by atoms with Crippen molar-refractivity contribution in [2.45, 2.75) is 0 Å². The van der Waals surface area contributed by atoms with Crippen molar-refractivity contribution >= 4 is 40.0 Å². The summed E-state index contributed by atoms with van der Waals surface area (Å²) in [5.41, 5.74) is 1.59. The molecule has 0 spiro atoms. The van der Waals surface area contributed by atoms with E-state index in [-0.39, 0.29) is 0 Å². The SMILES string of the molecule is O=C(O)N(c1ccccc1)c1ccc(Cl)c2cccnc12. The van der Waals surface area contributed by atoms with Crippen LogP contribution >= 0.6 is 11.6 Å². The van der Waals surface area contributed by atoms with Crippen molar-refractivity contribution in [2.75, 3.05) is 4.90 Å². The molecule has 3 aromatic rings. The lowest BCUT2D eigenvalue weighted by Gasteiger charge is -2.20. The van der Waals surface area contributed by atoms with Crippen LogP contribution in [0.1, 0.15) is 0 Å². The molecule has 0 aliphatic rings. The first-order valence-electron chi connectivity index (χ1n) is 6.30. The number of amides is 1. The van der Waals surface area contributed by atoms with Crippen LogP contribution in [-0.4, -0.2) is 16.2 Å². The number of carboxylic acid groups (broad SMARTS) is 1. The summed E-state index contributed by atoms with van der Waals surface area (Å²) in [6.07, 6.45) is 0.545. The third kappa shape index (κ3) is 2.41. The van der Waals surface area contributed by atoms with Gasteiger partial charge in [0.15, 0.2) is 0 Å². The van der Waals surface area contributed by atoms with Gasteiger partial charge in [0.1, 0.15) is 0 Å². The Morgan fingerprint density at radius 3 is 2.52 bits per heavy atom. The molecule has 21 heavy (non-hydrogen) atoms. The maximum absolute atomic E-state index is 11.7. The Hall–Kier alpha value is -2.59. The first kappa shape index (κ1) is 13.4. The second-order valence-corrected chi connectivity index (χ2v) is 4.83. The van der Waals surface area contributed by atoms with Gasteiger partial charge in [0.2, 0.25) is 0 Å². The number of hydrogen-bond acceptors (Lipinski definition) is 2. The fraction of sp³-hybridized carbons (Fsp3) is 0. The number of carbonyl (C=O) groups is 1. The van der Waals surface area contributed by atoms with E-state index in [2.05, 4.69) is 4.98 Å². The molecule has 0 saturated carbocycles. The highest BCUT2D eigenvalue weighted by molar-refractivity contribution is 6.36. The Balaban J connectivity index is 2.27. The predicted octanol–water partition coefficient (Wildman–Crippen LogP) is 4.70. The molecule has 0 fully saturated rings. The minimum atomic E-state index is -1.07. The Labute approximate surface area is 126 Å². The van der Waals surface area contributed by atoms with E-state index in [1.54, 1.807) is 48.7 Å². The summed E-state index contributed by atoms with van der Waals surface area (Å²) >= 11 is 6.15. The van der Waals surface area contributed by atoms with Crippen molar-refractivity contribution in [1.82, 2.24) is 4.98 Å². The van der Waals surface area contributed by atoms with Crippen LogP contribution in [0.2, 0.25) is 5.02 Å². The summed E-state index contributed by atoms with van der Waals surface area (Å²) in [6.45, 7) is 0. The first-order valence-corrected chi connectivity index (χ1v) is 6.67. The molecular formula is C16H11ClN2O2. The molecule has 5 heteroatoms. The lowest BCUT2D eigenvalue weighted by molar-refractivity contribution is 0.205. The Morgan fingerprint density at radius 2 is 1.81 bits per heavy atom. The standard InChI is InChI=1S/C16H11ClN2O2/c17-13-8-9-14(15-12(13)7-4-10-18-15)19(16(20)21)11-5-2-1-3-6-11/h1-10H,(H,20,21). The lowest BCUT2D eigenvalue weighted by atomic mass is 10.1. The molecule has 0 unspecified atom stereocenters. The van der Waals surface area contributed by atoms with Crippen molar-refractivity contribution in [1.29, 1.82) is 0 Å². The summed E-state index contributed by atoms with van der Waals surface area (Å²) in [4.78, 5) is 17.2. The molecule has 0 bridgehead atoms. The third-order valence-corrected chi connectivity index (χ3v) is 3.47. The fourth-order valence-electron chi connectivity index (χ4n) is 2.23. The average molecular weight is 299 g/mol. The molecule has 0 aliphatic carbocycles. The number of pyridine rings is 1. The zero-order valence-corrected chi connectivity index (χ0v) is 11.7. The molecule has 1 N–H and O–H groups in total. The number of aromatic nitrogens is 1. The van der Waals surface area contributed by atoms with Gasteiger partial charge in [0.05, 0.1) is 21.9 Å². The largest absolute Gasteiger partial charge is 0.464 e. The molecule has 0 saturated heterocycles. The number of benzene rings is 2. The van der Waals surface area contributed by atoms with Gasteiger partial charge < -0.3 is 5.11 Å². The van der Waals surface area contributed by atoms with Crippen LogP contribution in [0.5, 0.6) is 0 Å². The molecule has 1 amide bonds. The van der Waals surface area contributed by atoms with Crippen molar-refractivity contribution < 1.29 is 9.90 Å². The number of anilines is 2. The van der Waals surface area contributed by atoms with Crippen molar-refractivity contribution in [3.05, 3.63) is 65.8 Å². The molecule has 4 nitrogen and oxygen atoms in total. The highest BCUT2D eigenvalue weighted by Crippen LogP contribution is 2.34. The van der Waals surface area contributed by atoms with Gasteiger partial charge in [-0.15, -0.1) is 0 Å². The van der Waals surface area contributed by atoms with Crippen LogP contribution < -0.4 is 4.90 Å². The number of hydrogen-bond donors (Lipinski definition) is 1. The highest BCUT2D eigenvalue weighted by atomic mass is 35.5. The molecular weight excluding hydrogens is 288 g/mol. The van der Waals surface area contributed by atoms with Crippen molar-refractivity contribution in [3.8, 4) is 0 Å². The lowest BCUT2D eigenvalue weighted by Crippen LogP contribution is -2.24. The minimum Gasteiger partial charge on any atom is -0.464 e. The van der Waals surface area contributed by atoms with E-state index in [1.165, 1.54) is 4.90 Å². The van der Waals surface area contributed by atoms with Gasteiger partial charge in [0.25, 0.3) is 0 Å². The number of para-hydroxylation sites is 1. The number of rotatable bonds is 2. The monoisotopic (exact) mass is 298 g/mol. The van der Waals surface area contributed by atoms with Crippen LogP contribution in [0.4, 0.5) is 16.2 Å². The van der Waals surface area contributed by atoms with Gasteiger partial charge in [-0.25, -0.2) is 9.69 Å². The number of nitrogens with zero attached hydrogens (tertiary/aromatic N) is 2. The van der Waals surface area contributed by atoms with E-state index in [0.29, 0.717) is 21.9 Å². The van der Waals surface area contributed by atoms with Gasteiger partial charge in [-0.3, -0.25) is 4.98 Å². The van der Waals surface area contributed by atoms with E-state index >= 15 is 0 Å². The van der Waals surface area contributed by atoms with E-state index in [0.717, 1.165) is 5.39 Å². The minimum absolute atomic E-state index is 0.480. The van der Waals surface area contributed by atoms with Crippen molar-refractivity contribution in [3.63, 3.8) is 0 Å². The Morgan fingerprint density at radius 1 is 1.05 bits per heavy atom. The number of fused-ring (bicyclic) bond motifs is 1. The van der Waals surface area contributed by atoms with Gasteiger partial charge in [0, 0.05) is 11.6 Å². The van der Waals surface area contributed by atoms with Crippen LogP contribution in [-0.2, 0) is 0 Å². The molecule has 0 aliphatic heterocycles. The third-order valence-electron chi connectivity index (χ3n) is 3.14. The van der Waals surface area contributed by atoms with E-state index < -0.39 is 6.09 Å². The zero-order valence-electron chi connectivity index (χ0n) is 10.9. The topological polar surface area (TPSA) is 53.4 Å². The van der Waals surface area contributed by atoms with E-state index in [1.807, 2.05) is 12.1 Å². The normalized spacial score (nSPS) is 10.5. The quantitative estimate of drug-likeness (QED) is 0.746. The van der Waals surface area contributed by atoms with E-state index in [9.17, 15) is 9.90 Å². The highest BCUT2D eigenvalue weighted by Gasteiger charge is 2.20. The van der Waals surface area contributed by atoms with Crippen LogP contribution in [0.15, 0.2) is 60.8 Å². The zero-order chi connectivity index (χ0) is 14.8. The fourth-order valence-corrected chi connectivity index (χ4v) is 2.45. The van der Waals surface area contributed by atoms with Crippen LogP contribution in [0.25, 0.3) is 10.9 Å². The molecule has 0 atom stereocenters. The van der Waals surface area contributed by atoms with Crippen LogP contribution in [0, 0.1) is 0 Å². The maximum Gasteiger partial charge on any atom is 0.416 e. The Bertz CT molecular complexity index is 806. The van der Waals surface area contributed by atoms with E-state index in [4.69, 9.17) is 11.6 Å². The smallest absolute Gasteiger partial charge is 0.416 e. The Kier molecular flexibility index (Phi) is 3.46. The van der Waals surface area contributed by atoms with Crippen LogP contribution in [0.3, 0.4) is 0 Å². The molecule has 104 valence electrons. The summed E-state index contributed by atoms with van der Waals surface area (Å²) in [5.74, 6) is 0. The van der Waals surface area contributed by atoms with Gasteiger partial charge in [-0.2, -0.15) is 0 Å².